The molecule has 1 aromatic heterocycles. The molecular weight excluding hydrogens is 270 g/mol. The van der Waals surface area contributed by atoms with Crippen LogP contribution in [-0.4, -0.2) is 21.4 Å². The summed E-state index contributed by atoms with van der Waals surface area (Å²) in [5.41, 5.74) is 1.75. The number of nitrogens with one attached hydrogen (secondary N) is 2. The minimum atomic E-state index is -0.482. The summed E-state index contributed by atoms with van der Waals surface area (Å²) in [6.07, 6.45) is 2.20. The van der Waals surface area contributed by atoms with Crippen LogP contribution in [0.1, 0.15) is 19.4 Å². The van der Waals surface area contributed by atoms with Crippen LogP contribution in [0, 0.1) is 10.1 Å². The van der Waals surface area contributed by atoms with Gasteiger partial charge in [0, 0.05) is 12.2 Å². The summed E-state index contributed by atoms with van der Waals surface area (Å²) in [6, 6.07) is 7.69. The zero-order valence-electron chi connectivity index (χ0n) is 12.0. The number of nitrogens with zero attached hydrogens (tertiary/aromatic N) is 3. The first-order valence-corrected chi connectivity index (χ1v) is 6.75. The van der Waals surface area contributed by atoms with E-state index in [4.69, 9.17) is 0 Å². The van der Waals surface area contributed by atoms with E-state index in [0.717, 1.165) is 17.7 Å². The molecule has 0 aliphatic carbocycles. The Labute approximate surface area is 122 Å². The van der Waals surface area contributed by atoms with Gasteiger partial charge in [-0.25, -0.2) is 9.97 Å². The van der Waals surface area contributed by atoms with Crippen molar-refractivity contribution in [1.82, 2.24) is 9.97 Å². The highest BCUT2D eigenvalue weighted by Gasteiger charge is 2.22. The van der Waals surface area contributed by atoms with E-state index in [2.05, 4.69) is 27.5 Å². The second-order valence-corrected chi connectivity index (χ2v) is 4.39. The molecule has 0 fully saturated rings. The standard InChI is InChI=1S/C14H17N5O2/c1-3-10-6-5-7-11(8-10)18-14-12(19(20)21)13(15-4-2)16-9-17-14/h5-9H,3-4H2,1-2H3,(H2,15,16,17,18). The van der Waals surface area contributed by atoms with Crippen molar-refractivity contribution in [2.75, 3.05) is 17.2 Å². The van der Waals surface area contributed by atoms with Crippen molar-refractivity contribution in [3.8, 4) is 0 Å². The van der Waals surface area contributed by atoms with Gasteiger partial charge < -0.3 is 10.6 Å². The molecule has 0 saturated heterocycles. The number of anilines is 3. The average molecular weight is 287 g/mol. The van der Waals surface area contributed by atoms with Gasteiger partial charge in [-0.1, -0.05) is 19.1 Å². The van der Waals surface area contributed by atoms with Gasteiger partial charge in [-0.15, -0.1) is 0 Å². The number of hydrogen-bond acceptors (Lipinski definition) is 6. The van der Waals surface area contributed by atoms with Gasteiger partial charge in [0.05, 0.1) is 4.92 Å². The lowest BCUT2D eigenvalue weighted by atomic mass is 10.1. The van der Waals surface area contributed by atoms with Gasteiger partial charge >= 0.3 is 5.69 Å². The third-order valence-electron chi connectivity index (χ3n) is 2.95. The van der Waals surface area contributed by atoms with Gasteiger partial charge in [0.15, 0.2) is 0 Å². The van der Waals surface area contributed by atoms with Crippen molar-refractivity contribution in [2.45, 2.75) is 20.3 Å². The van der Waals surface area contributed by atoms with Crippen LogP contribution in [-0.2, 0) is 6.42 Å². The first kappa shape index (κ1) is 14.7. The SMILES string of the molecule is CCNc1ncnc(Nc2cccc(CC)c2)c1[N+](=O)[O-]. The fourth-order valence-corrected chi connectivity index (χ4v) is 1.95. The van der Waals surface area contributed by atoms with Crippen LogP contribution in [0.15, 0.2) is 30.6 Å². The largest absolute Gasteiger partial charge is 0.364 e. The molecule has 0 saturated carbocycles. The predicted molar refractivity (Wildman–Crippen MR) is 82.0 cm³/mol. The predicted octanol–water partition coefficient (Wildman–Crippen LogP) is 3.12. The zero-order chi connectivity index (χ0) is 15.2. The maximum absolute atomic E-state index is 11.3. The molecule has 0 atom stereocenters. The lowest BCUT2D eigenvalue weighted by Gasteiger charge is -2.09. The fourth-order valence-electron chi connectivity index (χ4n) is 1.95. The molecule has 21 heavy (non-hydrogen) atoms. The summed E-state index contributed by atoms with van der Waals surface area (Å²) < 4.78 is 0. The van der Waals surface area contributed by atoms with Crippen molar-refractivity contribution in [3.63, 3.8) is 0 Å². The van der Waals surface area contributed by atoms with E-state index in [1.165, 1.54) is 6.33 Å². The topological polar surface area (TPSA) is 93.0 Å². The van der Waals surface area contributed by atoms with Crippen LogP contribution in [0.5, 0.6) is 0 Å². The molecule has 2 N–H and O–H groups in total. The van der Waals surface area contributed by atoms with Crippen LogP contribution < -0.4 is 10.6 Å². The monoisotopic (exact) mass is 287 g/mol. The van der Waals surface area contributed by atoms with Crippen LogP contribution in [0.4, 0.5) is 23.0 Å². The molecule has 0 spiro atoms. The zero-order valence-corrected chi connectivity index (χ0v) is 12.0. The molecule has 1 heterocycles. The molecule has 0 unspecified atom stereocenters. The Morgan fingerprint density at radius 2 is 2.00 bits per heavy atom. The Bertz CT molecular complexity index is 645. The Morgan fingerprint density at radius 3 is 2.67 bits per heavy atom. The van der Waals surface area contributed by atoms with Crippen LogP contribution in [0.25, 0.3) is 0 Å². The molecule has 0 bridgehead atoms. The molecule has 0 aliphatic rings. The summed E-state index contributed by atoms with van der Waals surface area (Å²) in [6.45, 7) is 4.45. The molecule has 7 nitrogen and oxygen atoms in total. The maximum atomic E-state index is 11.3. The van der Waals surface area contributed by atoms with Crippen LogP contribution in [0.2, 0.25) is 0 Å². The van der Waals surface area contributed by atoms with Crippen molar-refractivity contribution in [3.05, 3.63) is 46.3 Å². The summed E-state index contributed by atoms with van der Waals surface area (Å²) >= 11 is 0. The van der Waals surface area contributed by atoms with Crippen LogP contribution in [0.3, 0.4) is 0 Å². The third kappa shape index (κ3) is 3.44. The first-order chi connectivity index (χ1) is 10.2. The average Bonchev–Trinajstić information content (AvgIpc) is 2.47. The molecule has 110 valence electrons. The molecule has 2 rings (SSSR count). The van der Waals surface area contributed by atoms with Crippen molar-refractivity contribution in [2.24, 2.45) is 0 Å². The maximum Gasteiger partial charge on any atom is 0.353 e. The Morgan fingerprint density at radius 1 is 1.24 bits per heavy atom. The smallest absolute Gasteiger partial charge is 0.353 e. The number of hydrogen-bond donors (Lipinski definition) is 2. The lowest BCUT2D eigenvalue weighted by molar-refractivity contribution is -0.383. The van der Waals surface area contributed by atoms with E-state index < -0.39 is 4.92 Å². The lowest BCUT2D eigenvalue weighted by Crippen LogP contribution is -2.07. The molecule has 0 radical (unpaired) electrons. The van der Waals surface area contributed by atoms with E-state index in [-0.39, 0.29) is 17.3 Å². The Balaban J connectivity index is 2.38. The third-order valence-corrected chi connectivity index (χ3v) is 2.95. The van der Waals surface area contributed by atoms with E-state index in [0.29, 0.717) is 6.54 Å². The number of aryl methyl sites for hydroxylation is 1. The van der Waals surface area contributed by atoms with Gasteiger partial charge in [-0.05, 0) is 31.0 Å². The van der Waals surface area contributed by atoms with Gasteiger partial charge in [0.1, 0.15) is 6.33 Å². The van der Waals surface area contributed by atoms with Crippen LogP contribution >= 0.6 is 0 Å². The molecule has 7 heteroatoms. The molecule has 1 aromatic carbocycles. The Kier molecular flexibility index (Phi) is 4.65. The van der Waals surface area contributed by atoms with E-state index >= 15 is 0 Å². The van der Waals surface area contributed by atoms with Crippen molar-refractivity contribution >= 4 is 23.0 Å². The van der Waals surface area contributed by atoms with E-state index in [1.54, 1.807) is 0 Å². The highest BCUT2D eigenvalue weighted by Crippen LogP contribution is 2.31. The summed E-state index contributed by atoms with van der Waals surface area (Å²) in [5, 5.41) is 17.1. The normalized spacial score (nSPS) is 10.2. The number of aromatic nitrogens is 2. The van der Waals surface area contributed by atoms with Gasteiger partial charge in [-0.3, -0.25) is 10.1 Å². The quantitative estimate of drug-likeness (QED) is 0.626. The minimum absolute atomic E-state index is 0.152. The van der Waals surface area contributed by atoms with Crippen molar-refractivity contribution in [1.29, 1.82) is 0 Å². The highest BCUT2D eigenvalue weighted by molar-refractivity contribution is 5.73. The molecule has 0 amide bonds. The molecular formula is C14H17N5O2. The van der Waals surface area contributed by atoms with E-state index in [9.17, 15) is 10.1 Å². The molecule has 0 aliphatic heterocycles. The summed E-state index contributed by atoms with van der Waals surface area (Å²) in [7, 11) is 0. The Hall–Kier alpha value is -2.70. The van der Waals surface area contributed by atoms with Gasteiger partial charge in [-0.2, -0.15) is 0 Å². The van der Waals surface area contributed by atoms with Gasteiger partial charge in [0.25, 0.3) is 0 Å². The number of nitro groups is 1. The number of benzene rings is 1. The number of rotatable bonds is 6. The van der Waals surface area contributed by atoms with Gasteiger partial charge in [0.2, 0.25) is 11.6 Å². The molecule has 2 aromatic rings. The first-order valence-electron chi connectivity index (χ1n) is 6.75. The summed E-state index contributed by atoms with van der Waals surface area (Å²) in [5.74, 6) is 0.394. The second kappa shape index (κ2) is 6.65. The second-order valence-electron chi connectivity index (χ2n) is 4.39. The minimum Gasteiger partial charge on any atom is -0.364 e. The van der Waals surface area contributed by atoms with Crippen molar-refractivity contribution < 1.29 is 4.92 Å². The summed E-state index contributed by atoms with van der Waals surface area (Å²) in [4.78, 5) is 18.7. The van der Waals surface area contributed by atoms with E-state index in [1.807, 2.05) is 31.2 Å². The fraction of sp³-hybridized carbons (Fsp3) is 0.286. The highest BCUT2D eigenvalue weighted by atomic mass is 16.6.